The third-order valence-corrected chi connectivity index (χ3v) is 9.36. The molecule has 1 aliphatic rings. The largest absolute Gasteiger partial charge is 0.497 e. The third-order valence-electron chi connectivity index (χ3n) is 9.36. The van der Waals surface area contributed by atoms with Crippen LogP contribution in [0.5, 0.6) is 11.5 Å². The first-order valence-electron chi connectivity index (χ1n) is 16.1. The first-order chi connectivity index (χ1) is 23.8. The lowest BCUT2D eigenvalue weighted by Crippen LogP contribution is -2.56. The maximum atomic E-state index is 17.0. The van der Waals surface area contributed by atoms with Crippen LogP contribution in [-0.4, -0.2) is 48.0 Å². The summed E-state index contributed by atoms with van der Waals surface area (Å²) in [6.45, 7) is 3.54. The van der Waals surface area contributed by atoms with Crippen LogP contribution in [0.1, 0.15) is 43.0 Å². The van der Waals surface area contributed by atoms with E-state index in [1.165, 1.54) is 32.9 Å². The monoisotopic (exact) mass is 683 g/mol. The van der Waals surface area contributed by atoms with Gasteiger partial charge in [0, 0.05) is 30.6 Å². The van der Waals surface area contributed by atoms with Crippen LogP contribution in [0.3, 0.4) is 0 Å². The van der Waals surface area contributed by atoms with E-state index < -0.39 is 28.4 Å². The van der Waals surface area contributed by atoms with Gasteiger partial charge in [-0.15, -0.1) is 0 Å². The van der Waals surface area contributed by atoms with Crippen molar-refractivity contribution in [3.8, 4) is 11.5 Å². The molecule has 4 aromatic carbocycles. The van der Waals surface area contributed by atoms with Crippen molar-refractivity contribution in [1.29, 1.82) is 0 Å². The number of aromatic nitrogens is 2. The lowest BCUT2D eigenvalue weighted by molar-refractivity contribution is -0.214. The molecule has 0 fully saturated rings. The van der Waals surface area contributed by atoms with E-state index in [9.17, 15) is 0 Å². The lowest BCUT2D eigenvalue weighted by Gasteiger charge is -2.42. The minimum atomic E-state index is -3.69. The Morgan fingerprint density at radius 1 is 0.800 bits per heavy atom. The summed E-state index contributed by atoms with van der Waals surface area (Å²) in [6.07, 6.45) is 1.74. The van der Waals surface area contributed by atoms with Gasteiger partial charge in [0.1, 0.15) is 40.9 Å². The molecule has 1 atom stereocenters. The maximum Gasteiger partial charge on any atom is 0.304 e. The molecular formula is C39H40F3N5O3. The molecule has 260 valence electrons. The zero-order valence-electron chi connectivity index (χ0n) is 28.8. The van der Waals surface area contributed by atoms with Gasteiger partial charge in [0.25, 0.3) is 0 Å². The number of alkyl halides is 2. The quantitative estimate of drug-likeness (QED) is 0.154. The van der Waals surface area contributed by atoms with Gasteiger partial charge in [-0.1, -0.05) is 54.6 Å². The molecule has 0 aliphatic carbocycles. The molecule has 0 spiro atoms. The van der Waals surface area contributed by atoms with Crippen molar-refractivity contribution < 1.29 is 27.4 Å². The van der Waals surface area contributed by atoms with Crippen LogP contribution in [0.25, 0.3) is 0 Å². The molecular weight excluding hydrogens is 643 g/mol. The highest BCUT2D eigenvalue weighted by atomic mass is 19.3. The van der Waals surface area contributed by atoms with Crippen LogP contribution >= 0.6 is 0 Å². The van der Waals surface area contributed by atoms with Gasteiger partial charge < -0.3 is 24.8 Å². The van der Waals surface area contributed by atoms with Crippen molar-refractivity contribution in [2.45, 2.75) is 43.4 Å². The van der Waals surface area contributed by atoms with Crippen LogP contribution < -0.4 is 20.1 Å². The summed E-state index contributed by atoms with van der Waals surface area (Å²) in [6, 6.07) is 30.3. The smallest absolute Gasteiger partial charge is 0.304 e. The highest BCUT2D eigenvalue weighted by Gasteiger charge is 2.64. The second-order valence-corrected chi connectivity index (χ2v) is 12.9. The Hall–Kier alpha value is -5.29. The number of nitrogens with zero attached hydrogens (tertiary/aromatic N) is 3. The lowest BCUT2D eigenvalue weighted by atomic mass is 9.76. The van der Waals surface area contributed by atoms with Crippen LogP contribution in [0, 0.1) is 5.82 Å². The molecule has 0 amide bonds. The normalized spacial score (nSPS) is 18.5. The van der Waals surface area contributed by atoms with Gasteiger partial charge in [0.05, 0.1) is 14.2 Å². The number of ether oxygens (including phenoxy) is 3. The first kappa shape index (κ1) is 34.6. The van der Waals surface area contributed by atoms with Crippen molar-refractivity contribution in [3.63, 3.8) is 0 Å². The Morgan fingerprint density at radius 3 is 1.92 bits per heavy atom. The Bertz CT molecular complexity index is 1930. The number of hydrogen-bond acceptors (Lipinski definition) is 7. The highest BCUT2D eigenvalue weighted by molar-refractivity contribution is 5.87. The predicted molar refractivity (Wildman–Crippen MR) is 188 cm³/mol. The second-order valence-electron chi connectivity index (χ2n) is 12.9. The number of methoxy groups -OCH3 is 2. The fourth-order valence-corrected chi connectivity index (χ4v) is 6.50. The molecule has 0 radical (unpaired) electrons. The number of benzene rings is 4. The molecule has 8 nitrogen and oxygen atoms in total. The Kier molecular flexibility index (Phi) is 9.13. The van der Waals surface area contributed by atoms with Gasteiger partial charge in [0.2, 0.25) is 0 Å². The second kappa shape index (κ2) is 13.2. The van der Waals surface area contributed by atoms with E-state index in [1.54, 1.807) is 38.2 Å². The third kappa shape index (κ3) is 6.06. The van der Waals surface area contributed by atoms with Crippen molar-refractivity contribution in [2.75, 3.05) is 26.1 Å². The van der Waals surface area contributed by atoms with Gasteiger partial charge in [-0.25, -0.2) is 13.2 Å². The summed E-state index contributed by atoms with van der Waals surface area (Å²) in [7, 11) is 4.93. The number of halogens is 3. The molecule has 1 aromatic heterocycles. The van der Waals surface area contributed by atoms with Crippen LogP contribution in [0.4, 0.5) is 24.7 Å². The molecule has 6 rings (SSSR count). The topological polar surface area (TPSA) is 81.9 Å². The average Bonchev–Trinajstić information content (AvgIpc) is 3.52. The molecule has 5 aromatic rings. The number of anilines is 2. The summed E-state index contributed by atoms with van der Waals surface area (Å²) < 4.78 is 68.4. The highest BCUT2D eigenvalue weighted by Crippen LogP contribution is 2.51. The van der Waals surface area contributed by atoms with Crippen LogP contribution in [-0.2, 0) is 22.9 Å². The zero-order chi connectivity index (χ0) is 35.7. The standard InChI is InChI=1S/C39H40F3N5O3/c1-36(2)39(41,42)37(3,32-24-29(16-21-33(32)40)43-34-22-23-47(4)46-34)44-35(25-50-36)45-38(26-10-8-7-9-11-26,27-12-17-30(48-5)18-13-27)28-14-19-31(49-6)20-15-28/h7-24H,25H2,1-6H3,(H,43,46)(H,44,45)/t37-/m1/s1. The van der Waals surface area contributed by atoms with E-state index in [-0.39, 0.29) is 18.0 Å². The van der Waals surface area contributed by atoms with Crippen molar-refractivity contribution in [1.82, 2.24) is 15.1 Å². The fraction of sp³-hybridized carbons (Fsp3) is 0.282. The van der Waals surface area contributed by atoms with Crippen LogP contribution in [0.15, 0.2) is 114 Å². The van der Waals surface area contributed by atoms with E-state index in [1.807, 2.05) is 78.9 Å². The van der Waals surface area contributed by atoms with Crippen molar-refractivity contribution in [3.05, 3.63) is 137 Å². The first-order valence-corrected chi connectivity index (χ1v) is 16.1. The molecule has 0 unspecified atom stereocenters. The van der Waals surface area contributed by atoms with E-state index in [2.05, 4.69) is 15.7 Å². The van der Waals surface area contributed by atoms with E-state index >= 15 is 13.2 Å². The fourth-order valence-electron chi connectivity index (χ4n) is 6.50. The van der Waals surface area contributed by atoms with Crippen LogP contribution in [0.2, 0.25) is 0 Å². The van der Waals surface area contributed by atoms with E-state index in [0.29, 0.717) is 23.0 Å². The zero-order valence-corrected chi connectivity index (χ0v) is 28.8. The van der Waals surface area contributed by atoms with Crippen molar-refractivity contribution in [2.24, 2.45) is 12.0 Å². The number of hydrogen-bond donors (Lipinski definition) is 2. The predicted octanol–water partition coefficient (Wildman–Crippen LogP) is 7.96. The summed E-state index contributed by atoms with van der Waals surface area (Å²) >= 11 is 0. The molecule has 0 saturated heterocycles. The van der Waals surface area contributed by atoms with Crippen molar-refractivity contribution >= 4 is 17.3 Å². The van der Waals surface area contributed by atoms with Gasteiger partial charge in [0.15, 0.2) is 11.4 Å². The summed E-state index contributed by atoms with van der Waals surface area (Å²) in [5, 5.41) is 11.0. The number of amidine groups is 1. The number of aryl methyl sites for hydroxylation is 1. The van der Waals surface area contributed by atoms with Gasteiger partial charge in [-0.2, -0.15) is 5.10 Å². The molecule has 0 bridgehead atoms. The molecule has 50 heavy (non-hydrogen) atoms. The van der Waals surface area contributed by atoms with Gasteiger partial charge in [-0.3, -0.25) is 9.67 Å². The SMILES string of the molecule is COc1ccc(C(NC2=N[C@](C)(c3cc(Nc4ccn(C)n4)ccc3F)C(F)(F)C(C)(C)OC2)(c2ccccc2)c2ccc(OC)cc2)cc1. The average molecular weight is 684 g/mol. The molecule has 2 heterocycles. The Labute approximate surface area is 289 Å². The molecule has 2 N–H and O–H groups in total. The summed E-state index contributed by atoms with van der Waals surface area (Å²) in [5.41, 5.74) is -3.27. The number of aliphatic imine (C=N–C) groups is 1. The summed E-state index contributed by atoms with van der Waals surface area (Å²) in [5.74, 6) is -2.67. The van der Waals surface area contributed by atoms with Gasteiger partial charge >= 0.3 is 5.92 Å². The Balaban J connectivity index is 1.57. The van der Waals surface area contributed by atoms with Gasteiger partial charge in [-0.05, 0) is 79.9 Å². The number of rotatable bonds is 9. The van der Waals surface area contributed by atoms with E-state index in [4.69, 9.17) is 19.2 Å². The molecule has 1 aliphatic heterocycles. The summed E-state index contributed by atoms with van der Waals surface area (Å²) in [4.78, 5) is 4.76. The minimum absolute atomic E-state index is 0.0933. The maximum absolute atomic E-state index is 17.0. The molecule has 11 heteroatoms. The minimum Gasteiger partial charge on any atom is -0.497 e. The van der Waals surface area contributed by atoms with E-state index in [0.717, 1.165) is 22.8 Å². The molecule has 0 saturated carbocycles. The number of nitrogens with one attached hydrogen (secondary N) is 2. The Morgan fingerprint density at radius 2 is 1.38 bits per heavy atom.